The molecule has 9 heteroatoms. The van der Waals surface area contributed by atoms with E-state index in [4.69, 9.17) is 11.6 Å². The van der Waals surface area contributed by atoms with Crippen molar-refractivity contribution < 1.29 is 19.1 Å². The molecular formula is C11H12ClN3O4S. The minimum absolute atomic E-state index is 0.00475. The summed E-state index contributed by atoms with van der Waals surface area (Å²) in [4.78, 5) is 40.5. The number of nitrogens with one attached hydrogen (secondary N) is 1. The quantitative estimate of drug-likeness (QED) is 0.656. The van der Waals surface area contributed by atoms with E-state index < -0.39 is 17.9 Å². The molecule has 2 amide bonds. The van der Waals surface area contributed by atoms with Crippen molar-refractivity contribution in [2.24, 2.45) is 0 Å². The second-order valence-electron chi connectivity index (χ2n) is 4.07. The molecule has 1 aliphatic heterocycles. The van der Waals surface area contributed by atoms with E-state index in [0.29, 0.717) is 11.6 Å². The number of aromatic nitrogens is 1. The molecule has 2 heterocycles. The number of imide groups is 1. The molecule has 20 heavy (non-hydrogen) atoms. The number of ether oxygens (including phenoxy) is 1. The number of esters is 1. The van der Waals surface area contributed by atoms with Crippen molar-refractivity contribution in [1.29, 1.82) is 0 Å². The Morgan fingerprint density at radius 2 is 2.30 bits per heavy atom. The monoisotopic (exact) mass is 317 g/mol. The molecule has 7 nitrogen and oxygen atoms in total. The summed E-state index contributed by atoms with van der Waals surface area (Å²) in [6, 6.07) is -0.514. The van der Waals surface area contributed by atoms with Crippen LogP contribution in [0.3, 0.4) is 0 Å². The summed E-state index contributed by atoms with van der Waals surface area (Å²) in [6.07, 6.45) is 0.504. The number of rotatable bonds is 3. The number of nitrogens with zero attached hydrogens (tertiary/aromatic N) is 2. The minimum Gasteiger partial charge on any atom is -0.465 e. The SMILES string of the molecule is CCC1C(=O)NC(=O)CN1c1nc(Cl)c(C(=O)OC)s1. The lowest BCUT2D eigenvalue weighted by Gasteiger charge is -2.32. The molecule has 0 aliphatic carbocycles. The van der Waals surface area contributed by atoms with Gasteiger partial charge >= 0.3 is 5.97 Å². The fourth-order valence-corrected chi connectivity index (χ4v) is 3.15. The Hall–Kier alpha value is -1.67. The predicted molar refractivity (Wildman–Crippen MR) is 73.0 cm³/mol. The lowest BCUT2D eigenvalue weighted by atomic mass is 10.1. The zero-order valence-corrected chi connectivity index (χ0v) is 12.4. The lowest BCUT2D eigenvalue weighted by molar-refractivity contribution is -0.132. The standard InChI is InChI=1S/C11H12ClN3O4S/c1-3-5-9(17)13-6(16)4-15(5)11-14-8(12)7(20-11)10(18)19-2/h5H,3-4H2,1-2H3,(H,13,16,17). The molecule has 0 bridgehead atoms. The predicted octanol–water partition coefficient (Wildman–Crippen LogP) is 0.825. The Morgan fingerprint density at radius 3 is 2.90 bits per heavy atom. The Bertz CT molecular complexity index is 574. The van der Waals surface area contributed by atoms with Gasteiger partial charge in [-0.1, -0.05) is 29.9 Å². The van der Waals surface area contributed by atoms with Gasteiger partial charge in [0, 0.05) is 0 Å². The Morgan fingerprint density at radius 1 is 1.60 bits per heavy atom. The van der Waals surface area contributed by atoms with Gasteiger partial charge in [-0.05, 0) is 6.42 Å². The highest BCUT2D eigenvalue weighted by Gasteiger charge is 2.35. The molecular weight excluding hydrogens is 306 g/mol. The summed E-state index contributed by atoms with van der Waals surface area (Å²) in [6.45, 7) is 1.82. The van der Waals surface area contributed by atoms with Gasteiger partial charge in [0.2, 0.25) is 11.8 Å². The van der Waals surface area contributed by atoms with E-state index in [9.17, 15) is 14.4 Å². The van der Waals surface area contributed by atoms with Crippen LogP contribution >= 0.6 is 22.9 Å². The van der Waals surface area contributed by atoms with E-state index in [1.807, 2.05) is 6.92 Å². The van der Waals surface area contributed by atoms with Crippen LogP contribution < -0.4 is 10.2 Å². The van der Waals surface area contributed by atoms with Crippen LogP contribution in [0.4, 0.5) is 5.13 Å². The summed E-state index contributed by atoms with van der Waals surface area (Å²) in [5.41, 5.74) is 0. The van der Waals surface area contributed by atoms with Gasteiger partial charge in [-0.25, -0.2) is 9.78 Å². The Labute approximate surface area is 123 Å². The average molecular weight is 318 g/mol. The molecule has 108 valence electrons. The van der Waals surface area contributed by atoms with Crippen molar-refractivity contribution in [1.82, 2.24) is 10.3 Å². The number of carbonyl (C=O) groups excluding carboxylic acids is 3. The second kappa shape index (κ2) is 5.76. The topological polar surface area (TPSA) is 88.6 Å². The van der Waals surface area contributed by atoms with Crippen LogP contribution in [-0.2, 0) is 14.3 Å². The normalized spacial score (nSPS) is 18.9. The third-order valence-corrected chi connectivity index (χ3v) is 4.29. The van der Waals surface area contributed by atoms with Gasteiger partial charge in [-0.15, -0.1) is 0 Å². The first kappa shape index (κ1) is 14.7. The van der Waals surface area contributed by atoms with E-state index in [-0.39, 0.29) is 22.5 Å². The van der Waals surface area contributed by atoms with Crippen molar-refractivity contribution in [3.8, 4) is 0 Å². The maximum atomic E-state index is 11.8. The number of methoxy groups -OCH3 is 1. The van der Waals surface area contributed by atoms with Crippen LogP contribution in [0.15, 0.2) is 0 Å². The molecule has 1 fully saturated rings. The number of halogens is 1. The zero-order chi connectivity index (χ0) is 14.9. The third-order valence-electron chi connectivity index (χ3n) is 2.83. The van der Waals surface area contributed by atoms with E-state index in [1.165, 1.54) is 7.11 Å². The van der Waals surface area contributed by atoms with Crippen LogP contribution in [0.25, 0.3) is 0 Å². The summed E-state index contributed by atoms with van der Waals surface area (Å²) in [5, 5.41) is 2.63. The third kappa shape index (κ3) is 2.61. The van der Waals surface area contributed by atoms with Gasteiger partial charge in [-0.2, -0.15) is 0 Å². The Kier molecular flexibility index (Phi) is 4.24. The highest BCUT2D eigenvalue weighted by molar-refractivity contribution is 7.18. The molecule has 0 spiro atoms. The maximum absolute atomic E-state index is 11.8. The number of amides is 2. The van der Waals surface area contributed by atoms with Crippen molar-refractivity contribution >= 4 is 45.9 Å². The largest absolute Gasteiger partial charge is 0.465 e. The first-order valence-electron chi connectivity index (χ1n) is 5.82. The minimum atomic E-state index is -0.598. The molecule has 1 aromatic rings. The molecule has 0 saturated carbocycles. The van der Waals surface area contributed by atoms with Crippen molar-refractivity contribution in [2.75, 3.05) is 18.6 Å². The average Bonchev–Trinajstić information content (AvgIpc) is 2.79. The molecule has 1 aliphatic rings. The van der Waals surface area contributed by atoms with Crippen LogP contribution in [-0.4, -0.2) is 42.5 Å². The van der Waals surface area contributed by atoms with Gasteiger partial charge < -0.3 is 9.64 Å². The maximum Gasteiger partial charge on any atom is 0.351 e. The van der Waals surface area contributed by atoms with Crippen molar-refractivity contribution in [3.63, 3.8) is 0 Å². The lowest BCUT2D eigenvalue weighted by Crippen LogP contribution is -2.58. The van der Waals surface area contributed by atoms with E-state index >= 15 is 0 Å². The van der Waals surface area contributed by atoms with Gasteiger partial charge in [0.25, 0.3) is 0 Å². The zero-order valence-electron chi connectivity index (χ0n) is 10.8. The highest BCUT2D eigenvalue weighted by atomic mass is 35.5. The van der Waals surface area contributed by atoms with E-state index in [1.54, 1.807) is 4.90 Å². The highest BCUT2D eigenvalue weighted by Crippen LogP contribution is 2.32. The van der Waals surface area contributed by atoms with Gasteiger partial charge in [0.15, 0.2) is 15.2 Å². The van der Waals surface area contributed by atoms with Gasteiger partial charge in [-0.3, -0.25) is 14.9 Å². The summed E-state index contributed by atoms with van der Waals surface area (Å²) < 4.78 is 4.60. The van der Waals surface area contributed by atoms with Crippen LogP contribution in [0.2, 0.25) is 5.15 Å². The van der Waals surface area contributed by atoms with Crippen molar-refractivity contribution in [2.45, 2.75) is 19.4 Å². The summed E-state index contributed by atoms with van der Waals surface area (Å²) >= 11 is 6.89. The first-order valence-corrected chi connectivity index (χ1v) is 7.02. The summed E-state index contributed by atoms with van der Waals surface area (Å²) in [5.74, 6) is -1.39. The fourth-order valence-electron chi connectivity index (χ4n) is 1.91. The number of piperazine rings is 1. The van der Waals surface area contributed by atoms with Crippen LogP contribution in [0.5, 0.6) is 0 Å². The molecule has 1 atom stereocenters. The molecule has 0 aromatic carbocycles. The summed E-state index contributed by atoms with van der Waals surface area (Å²) in [7, 11) is 1.24. The molecule has 1 unspecified atom stereocenters. The smallest absolute Gasteiger partial charge is 0.351 e. The van der Waals surface area contributed by atoms with Crippen LogP contribution in [0.1, 0.15) is 23.0 Å². The van der Waals surface area contributed by atoms with E-state index in [0.717, 1.165) is 11.3 Å². The number of thiazole rings is 1. The Balaban J connectivity index is 2.36. The first-order chi connectivity index (χ1) is 9.47. The molecule has 2 rings (SSSR count). The number of anilines is 1. The van der Waals surface area contributed by atoms with Crippen LogP contribution in [0, 0.1) is 0 Å². The van der Waals surface area contributed by atoms with Gasteiger partial charge in [0.1, 0.15) is 12.6 Å². The number of carbonyl (C=O) groups is 3. The molecule has 1 saturated heterocycles. The number of hydrogen-bond acceptors (Lipinski definition) is 7. The second-order valence-corrected chi connectivity index (χ2v) is 5.41. The van der Waals surface area contributed by atoms with Crippen molar-refractivity contribution in [3.05, 3.63) is 10.0 Å². The fraction of sp³-hybridized carbons (Fsp3) is 0.455. The molecule has 1 N–H and O–H groups in total. The molecule has 1 aromatic heterocycles. The number of hydrogen-bond donors (Lipinski definition) is 1. The van der Waals surface area contributed by atoms with E-state index in [2.05, 4.69) is 15.0 Å². The van der Waals surface area contributed by atoms with Gasteiger partial charge in [0.05, 0.1) is 7.11 Å². The molecule has 0 radical (unpaired) electrons.